The second-order valence-electron chi connectivity index (χ2n) is 3.63. The molecule has 0 radical (unpaired) electrons. The Hall–Kier alpha value is -0.850. The molecule has 0 heterocycles. The fourth-order valence-electron chi connectivity index (χ4n) is 1.20. The second kappa shape index (κ2) is 11.6. The summed E-state index contributed by atoms with van der Waals surface area (Å²) in [6.07, 6.45) is 0.889. The quantitative estimate of drug-likeness (QED) is 0.179. The molecular weight excluding hydrogens is 220 g/mol. The van der Waals surface area contributed by atoms with Crippen LogP contribution in [0.1, 0.15) is 27.2 Å². The highest BCUT2D eigenvalue weighted by molar-refractivity contribution is 5.79. The Morgan fingerprint density at radius 2 is 2.00 bits per heavy atom. The molecule has 0 aliphatic rings. The van der Waals surface area contributed by atoms with E-state index in [9.17, 15) is 0 Å². The maximum absolute atomic E-state index is 5.38. The number of aliphatic imine (C=N–C) groups is 1. The SMILES string of the molecule is CCOCCCN=C(NN)NC(C)COCC. The van der Waals surface area contributed by atoms with Gasteiger partial charge >= 0.3 is 0 Å². The van der Waals surface area contributed by atoms with Crippen LogP contribution in [0.2, 0.25) is 0 Å². The number of rotatable bonds is 9. The van der Waals surface area contributed by atoms with Gasteiger partial charge in [0, 0.05) is 32.4 Å². The van der Waals surface area contributed by atoms with Gasteiger partial charge in [-0.1, -0.05) is 0 Å². The summed E-state index contributed by atoms with van der Waals surface area (Å²) >= 11 is 0. The van der Waals surface area contributed by atoms with Gasteiger partial charge in [-0.25, -0.2) is 5.84 Å². The molecule has 0 bridgehead atoms. The minimum absolute atomic E-state index is 0.177. The van der Waals surface area contributed by atoms with Crippen LogP contribution in [0.3, 0.4) is 0 Å². The highest BCUT2D eigenvalue weighted by atomic mass is 16.5. The molecule has 0 aromatic carbocycles. The van der Waals surface area contributed by atoms with Gasteiger partial charge < -0.3 is 14.8 Å². The molecule has 17 heavy (non-hydrogen) atoms. The van der Waals surface area contributed by atoms with Gasteiger partial charge in [-0.2, -0.15) is 0 Å². The minimum Gasteiger partial charge on any atom is -0.382 e. The number of guanidine groups is 1. The Bertz CT molecular complexity index is 200. The number of hydrogen-bond donors (Lipinski definition) is 3. The van der Waals surface area contributed by atoms with Crippen LogP contribution in [0.4, 0.5) is 0 Å². The van der Waals surface area contributed by atoms with Gasteiger partial charge in [0.1, 0.15) is 0 Å². The van der Waals surface area contributed by atoms with E-state index in [2.05, 4.69) is 15.7 Å². The molecule has 0 saturated heterocycles. The van der Waals surface area contributed by atoms with Gasteiger partial charge in [-0.3, -0.25) is 10.4 Å². The molecule has 0 aliphatic heterocycles. The molecule has 1 unspecified atom stereocenters. The smallest absolute Gasteiger partial charge is 0.206 e. The highest BCUT2D eigenvalue weighted by Gasteiger charge is 2.03. The van der Waals surface area contributed by atoms with Crippen LogP contribution in [-0.2, 0) is 9.47 Å². The second-order valence-corrected chi connectivity index (χ2v) is 3.63. The lowest BCUT2D eigenvalue weighted by atomic mass is 10.4. The normalized spacial score (nSPS) is 13.5. The van der Waals surface area contributed by atoms with Crippen molar-refractivity contribution in [1.82, 2.24) is 10.7 Å². The summed E-state index contributed by atoms with van der Waals surface area (Å²) in [7, 11) is 0. The van der Waals surface area contributed by atoms with Gasteiger partial charge in [-0.05, 0) is 27.2 Å². The molecule has 102 valence electrons. The first-order chi connectivity index (χ1) is 8.24. The lowest BCUT2D eigenvalue weighted by Gasteiger charge is -2.16. The third kappa shape index (κ3) is 10.0. The fraction of sp³-hybridized carbons (Fsp3) is 0.909. The molecule has 1 atom stereocenters. The molecule has 0 aliphatic carbocycles. The summed E-state index contributed by atoms with van der Waals surface area (Å²) in [5.41, 5.74) is 2.54. The Labute approximate surface area is 104 Å². The number of nitrogens with zero attached hydrogens (tertiary/aromatic N) is 1. The van der Waals surface area contributed by atoms with E-state index in [1.807, 2.05) is 20.8 Å². The third-order valence-corrected chi connectivity index (χ3v) is 2.01. The van der Waals surface area contributed by atoms with E-state index in [0.29, 0.717) is 25.7 Å². The molecule has 4 N–H and O–H groups in total. The average molecular weight is 246 g/mol. The van der Waals surface area contributed by atoms with E-state index >= 15 is 0 Å². The molecule has 6 nitrogen and oxygen atoms in total. The summed E-state index contributed by atoms with van der Waals surface area (Å²) in [5.74, 6) is 5.97. The molecular formula is C11H26N4O2. The molecule has 0 aromatic heterocycles. The molecule has 0 aromatic rings. The zero-order chi connectivity index (χ0) is 12.9. The fourth-order valence-corrected chi connectivity index (χ4v) is 1.20. The van der Waals surface area contributed by atoms with E-state index in [-0.39, 0.29) is 6.04 Å². The van der Waals surface area contributed by atoms with Gasteiger partial charge in [0.05, 0.1) is 6.61 Å². The summed E-state index contributed by atoms with van der Waals surface area (Å²) < 4.78 is 10.5. The van der Waals surface area contributed by atoms with Crippen LogP contribution in [0.5, 0.6) is 0 Å². The number of ether oxygens (including phenoxy) is 2. The van der Waals surface area contributed by atoms with Crippen molar-refractivity contribution in [3.05, 3.63) is 0 Å². The van der Waals surface area contributed by atoms with Crippen LogP contribution in [-0.4, -0.2) is 45.0 Å². The van der Waals surface area contributed by atoms with Crippen molar-refractivity contribution in [1.29, 1.82) is 0 Å². The standard InChI is InChI=1S/C11H26N4O2/c1-4-16-8-6-7-13-11(15-12)14-10(3)9-17-5-2/h10H,4-9,12H2,1-3H3,(H2,13,14,15). The number of nitrogens with two attached hydrogens (primary N) is 1. The van der Waals surface area contributed by atoms with Crippen molar-refractivity contribution in [2.24, 2.45) is 10.8 Å². The van der Waals surface area contributed by atoms with Crippen molar-refractivity contribution in [3.63, 3.8) is 0 Å². The lowest BCUT2D eigenvalue weighted by Crippen LogP contribution is -2.47. The number of hydrazine groups is 1. The van der Waals surface area contributed by atoms with Crippen LogP contribution in [0.15, 0.2) is 4.99 Å². The predicted molar refractivity (Wildman–Crippen MR) is 69.8 cm³/mol. The van der Waals surface area contributed by atoms with Crippen molar-refractivity contribution < 1.29 is 9.47 Å². The van der Waals surface area contributed by atoms with E-state index < -0.39 is 0 Å². The Kier molecular flexibility index (Phi) is 11.0. The summed E-state index contributed by atoms with van der Waals surface area (Å²) in [6, 6.07) is 0.177. The predicted octanol–water partition coefficient (Wildman–Crippen LogP) is 0.247. The van der Waals surface area contributed by atoms with Gasteiger partial charge in [-0.15, -0.1) is 0 Å². The number of hydrogen-bond acceptors (Lipinski definition) is 4. The zero-order valence-corrected chi connectivity index (χ0v) is 11.2. The first-order valence-electron chi connectivity index (χ1n) is 6.17. The summed E-state index contributed by atoms with van der Waals surface area (Å²) in [4.78, 5) is 4.30. The first-order valence-corrected chi connectivity index (χ1v) is 6.17. The minimum atomic E-state index is 0.177. The van der Waals surface area contributed by atoms with Crippen LogP contribution < -0.4 is 16.6 Å². The van der Waals surface area contributed by atoms with Crippen molar-refractivity contribution in [2.45, 2.75) is 33.2 Å². The lowest BCUT2D eigenvalue weighted by molar-refractivity contribution is 0.132. The average Bonchev–Trinajstić information content (AvgIpc) is 2.34. The van der Waals surface area contributed by atoms with Crippen LogP contribution >= 0.6 is 0 Å². The molecule has 6 heteroatoms. The molecule has 0 fully saturated rings. The van der Waals surface area contributed by atoms with Gasteiger partial charge in [0.15, 0.2) is 0 Å². The summed E-state index contributed by atoms with van der Waals surface area (Å²) in [6.45, 7) is 9.47. The zero-order valence-electron chi connectivity index (χ0n) is 11.2. The van der Waals surface area contributed by atoms with Crippen molar-refractivity contribution in [2.75, 3.05) is 33.0 Å². The molecule has 0 spiro atoms. The van der Waals surface area contributed by atoms with Gasteiger partial charge in [0.25, 0.3) is 0 Å². The molecule has 0 rings (SSSR count). The molecule has 0 amide bonds. The maximum Gasteiger partial charge on any atom is 0.206 e. The summed E-state index contributed by atoms with van der Waals surface area (Å²) in [5, 5.41) is 3.14. The topological polar surface area (TPSA) is 80.9 Å². The largest absolute Gasteiger partial charge is 0.382 e. The highest BCUT2D eigenvalue weighted by Crippen LogP contribution is 1.87. The third-order valence-electron chi connectivity index (χ3n) is 2.01. The van der Waals surface area contributed by atoms with E-state index in [4.69, 9.17) is 15.3 Å². The van der Waals surface area contributed by atoms with Crippen LogP contribution in [0.25, 0.3) is 0 Å². The van der Waals surface area contributed by atoms with Crippen molar-refractivity contribution in [3.8, 4) is 0 Å². The monoisotopic (exact) mass is 246 g/mol. The van der Waals surface area contributed by atoms with Gasteiger partial charge in [0.2, 0.25) is 5.96 Å². The Morgan fingerprint density at radius 3 is 2.59 bits per heavy atom. The van der Waals surface area contributed by atoms with E-state index in [1.54, 1.807) is 0 Å². The Balaban J connectivity index is 3.75. The van der Waals surface area contributed by atoms with Crippen LogP contribution in [0, 0.1) is 0 Å². The molecule has 0 saturated carbocycles. The van der Waals surface area contributed by atoms with E-state index in [1.165, 1.54) is 0 Å². The van der Waals surface area contributed by atoms with Crippen molar-refractivity contribution >= 4 is 5.96 Å². The Morgan fingerprint density at radius 1 is 1.29 bits per heavy atom. The first kappa shape index (κ1) is 16.1. The van der Waals surface area contributed by atoms with E-state index in [0.717, 1.165) is 19.6 Å². The number of nitrogens with one attached hydrogen (secondary N) is 2. The maximum atomic E-state index is 5.38.